The second-order valence-electron chi connectivity index (χ2n) is 8.67. The number of furan rings is 1. The highest BCUT2D eigenvalue weighted by Crippen LogP contribution is 2.31. The number of ether oxygens (including phenoxy) is 3. The number of carbonyl (C=O) groups excluding carboxylic acids is 2. The summed E-state index contributed by atoms with van der Waals surface area (Å²) in [6.45, 7) is 1.87. The van der Waals surface area contributed by atoms with Gasteiger partial charge in [0.25, 0.3) is 5.56 Å². The Morgan fingerprint density at radius 1 is 1.07 bits per heavy atom. The van der Waals surface area contributed by atoms with E-state index in [1.54, 1.807) is 55.5 Å². The zero-order valence-corrected chi connectivity index (χ0v) is 22.3. The molecular weight excluding hydrogens is 539 g/mol. The predicted octanol–water partition coefficient (Wildman–Crippen LogP) is 3.38. The average molecular weight is 563 g/mol. The van der Waals surface area contributed by atoms with Crippen molar-refractivity contribution in [2.45, 2.75) is 13.0 Å². The van der Waals surface area contributed by atoms with Crippen molar-refractivity contribution in [1.82, 2.24) is 4.57 Å². The first kappa shape index (κ1) is 27.0. The van der Waals surface area contributed by atoms with Crippen molar-refractivity contribution in [3.05, 3.63) is 121 Å². The van der Waals surface area contributed by atoms with Crippen LogP contribution in [0.25, 0.3) is 6.08 Å². The molecule has 0 spiro atoms. The molecule has 0 amide bonds. The summed E-state index contributed by atoms with van der Waals surface area (Å²) in [7, 11) is 1.49. The number of thiazole rings is 1. The van der Waals surface area contributed by atoms with E-state index in [1.807, 2.05) is 0 Å². The van der Waals surface area contributed by atoms with Gasteiger partial charge in [0.05, 0.1) is 34.7 Å². The van der Waals surface area contributed by atoms with E-state index in [0.717, 1.165) is 11.3 Å². The number of halogens is 1. The van der Waals surface area contributed by atoms with Gasteiger partial charge < -0.3 is 18.6 Å². The molecule has 3 heterocycles. The van der Waals surface area contributed by atoms with Crippen LogP contribution >= 0.6 is 11.3 Å². The van der Waals surface area contributed by atoms with Gasteiger partial charge in [0, 0.05) is 12.7 Å². The molecule has 2 aromatic heterocycles. The lowest BCUT2D eigenvalue weighted by atomic mass is 9.96. The Balaban J connectivity index is 1.58. The molecule has 1 unspecified atom stereocenters. The highest BCUT2D eigenvalue weighted by molar-refractivity contribution is 7.07. The predicted molar refractivity (Wildman–Crippen MR) is 143 cm³/mol. The third-order valence-corrected chi connectivity index (χ3v) is 7.07. The molecule has 1 aliphatic rings. The van der Waals surface area contributed by atoms with Crippen LogP contribution in [0.1, 0.15) is 34.6 Å². The van der Waals surface area contributed by atoms with Crippen molar-refractivity contribution in [2.75, 3.05) is 20.3 Å². The molecule has 0 N–H and O–H groups in total. The van der Waals surface area contributed by atoms with Crippen LogP contribution in [0.15, 0.2) is 92.4 Å². The van der Waals surface area contributed by atoms with Gasteiger partial charge in [-0.1, -0.05) is 41.7 Å². The summed E-state index contributed by atoms with van der Waals surface area (Å²) >= 11 is 1.09. The van der Waals surface area contributed by atoms with Crippen LogP contribution in [-0.4, -0.2) is 36.8 Å². The van der Waals surface area contributed by atoms with Gasteiger partial charge in [-0.05, 0) is 48.9 Å². The highest BCUT2D eigenvalue weighted by Gasteiger charge is 2.33. The van der Waals surface area contributed by atoms with Gasteiger partial charge in [0.1, 0.15) is 18.2 Å². The van der Waals surface area contributed by atoms with E-state index >= 15 is 0 Å². The van der Waals surface area contributed by atoms with E-state index in [4.69, 9.17) is 18.6 Å². The second-order valence-corrected chi connectivity index (χ2v) is 9.68. The van der Waals surface area contributed by atoms with Crippen LogP contribution < -0.4 is 19.6 Å². The standard InChI is InChI=1S/C29H23FN2O7S/c1-17-24(28(35)38-15-14-36-2)25(18-9-11-20(12-10-18)39-27(34)22-8-5-13-37-22)32-26(33)23(40-29(32)31-17)16-19-6-3-4-7-21(19)30/h3-13,16,25H,14-15H2,1-2H3/b23-16-. The van der Waals surface area contributed by atoms with E-state index in [-0.39, 0.29) is 40.4 Å². The van der Waals surface area contributed by atoms with Crippen molar-refractivity contribution in [2.24, 2.45) is 4.99 Å². The zero-order valence-electron chi connectivity index (χ0n) is 21.5. The van der Waals surface area contributed by atoms with Gasteiger partial charge in [-0.2, -0.15) is 0 Å². The van der Waals surface area contributed by atoms with E-state index in [9.17, 15) is 18.8 Å². The lowest BCUT2D eigenvalue weighted by Gasteiger charge is -2.25. The van der Waals surface area contributed by atoms with Crippen molar-refractivity contribution in [3.63, 3.8) is 0 Å². The second kappa shape index (κ2) is 11.6. The molecule has 2 aromatic carbocycles. The van der Waals surface area contributed by atoms with Crippen molar-refractivity contribution in [1.29, 1.82) is 0 Å². The lowest BCUT2D eigenvalue weighted by Crippen LogP contribution is -2.40. The fourth-order valence-electron chi connectivity index (χ4n) is 4.20. The number of rotatable bonds is 8. The molecule has 9 nitrogen and oxygen atoms in total. The van der Waals surface area contributed by atoms with E-state index in [2.05, 4.69) is 4.99 Å². The number of fused-ring (bicyclic) bond motifs is 1. The SMILES string of the molecule is COCCOC(=O)C1=C(C)N=c2s/c(=C\c3ccccc3F)c(=O)n2C1c1ccc(OC(=O)c2ccco2)cc1. The molecule has 0 radical (unpaired) electrons. The maximum absolute atomic E-state index is 14.3. The summed E-state index contributed by atoms with van der Waals surface area (Å²) in [5.41, 5.74) is 0.895. The van der Waals surface area contributed by atoms with Gasteiger partial charge in [0.15, 0.2) is 4.80 Å². The first-order chi connectivity index (χ1) is 19.4. The number of aromatic nitrogens is 1. The van der Waals surface area contributed by atoms with Gasteiger partial charge in [-0.25, -0.2) is 19.0 Å². The van der Waals surface area contributed by atoms with Gasteiger partial charge >= 0.3 is 11.9 Å². The third kappa shape index (κ3) is 5.42. The molecule has 0 fully saturated rings. The monoisotopic (exact) mass is 562 g/mol. The smallest absolute Gasteiger partial charge is 0.379 e. The summed E-state index contributed by atoms with van der Waals surface area (Å²) < 4.78 is 36.8. The number of allylic oxidation sites excluding steroid dienone is 1. The highest BCUT2D eigenvalue weighted by atomic mass is 32.1. The zero-order chi connectivity index (χ0) is 28.2. The third-order valence-electron chi connectivity index (χ3n) is 6.08. The van der Waals surface area contributed by atoms with Gasteiger partial charge in [-0.3, -0.25) is 9.36 Å². The van der Waals surface area contributed by atoms with E-state index < -0.39 is 29.4 Å². The Bertz CT molecular complexity index is 1770. The number of methoxy groups -OCH3 is 1. The first-order valence-electron chi connectivity index (χ1n) is 12.2. The molecule has 0 bridgehead atoms. The maximum Gasteiger partial charge on any atom is 0.379 e. The number of hydrogen-bond acceptors (Lipinski definition) is 9. The minimum Gasteiger partial charge on any atom is -0.460 e. The fourth-order valence-corrected chi connectivity index (χ4v) is 5.23. The summed E-state index contributed by atoms with van der Waals surface area (Å²) in [5, 5.41) is 0. The largest absolute Gasteiger partial charge is 0.460 e. The lowest BCUT2D eigenvalue weighted by molar-refractivity contribution is -0.140. The molecule has 1 atom stereocenters. The van der Waals surface area contributed by atoms with Crippen LogP contribution in [-0.2, 0) is 14.3 Å². The summed E-state index contributed by atoms with van der Waals surface area (Å²) in [6, 6.07) is 14.7. The number of benzene rings is 2. The van der Waals surface area contributed by atoms with Crippen LogP contribution in [0.4, 0.5) is 4.39 Å². The van der Waals surface area contributed by atoms with Gasteiger partial charge in [-0.15, -0.1) is 0 Å². The maximum atomic E-state index is 14.3. The fraction of sp³-hybridized carbons (Fsp3) is 0.172. The Morgan fingerprint density at radius 3 is 2.55 bits per heavy atom. The molecular formula is C29H23FN2O7S. The average Bonchev–Trinajstić information content (AvgIpc) is 3.59. The summed E-state index contributed by atoms with van der Waals surface area (Å²) in [6.07, 6.45) is 2.83. The number of hydrogen-bond donors (Lipinski definition) is 0. The Kier molecular flexibility index (Phi) is 7.85. The molecule has 0 saturated heterocycles. The molecule has 0 saturated carbocycles. The molecule has 5 rings (SSSR count). The van der Waals surface area contributed by atoms with Crippen molar-refractivity contribution in [3.8, 4) is 5.75 Å². The van der Waals surface area contributed by atoms with Gasteiger partial charge in [0.2, 0.25) is 5.76 Å². The molecule has 1 aliphatic heterocycles. The van der Waals surface area contributed by atoms with Crippen LogP contribution in [0.2, 0.25) is 0 Å². The minimum absolute atomic E-state index is 0.0121. The molecule has 40 heavy (non-hydrogen) atoms. The number of nitrogens with zero attached hydrogens (tertiary/aromatic N) is 2. The van der Waals surface area contributed by atoms with Crippen molar-refractivity contribution >= 4 is 29.4 Å². The topological polar surface area (TPSA) is 109 Å². The molecule has 4 aromatic rings. The Hall–Kier alpha value is -4.61. The first-order valence-corrected chi connectivity index (χ1v) is 13.0. The van der Waals surface area contributed by atoms with E-state index in [0.29, 0.717) is 16.1 Å². The molecule has 0 aliphatic carbocycles. The number of carbonyl (C=O) groups is 2. The van der Waals surface area contributed by atoms with Crippen molar-refractivity contribution < 1.29 is 32.6 Å². The Labute approximate surface area is 231 Å². The summed E-state index contributed by atoms with van der Waals surface area (Å²) in [5.74, 6) is -1.51. The quantitative estimate of drug-likeness (QED) is 0.184. The molecule has 11 heteroatoms. The van der Waals surface area contributed by atoms with Crippen LogP contribution in [0, 0.1) is 5.82 Å². The van der Waals surface area contributed by atoms with E-state index in [1.165, 1.54) is 36.1 Å². The normalized spacial score (nSPS) is 15.0. The molecule has 204 valence electrons. The Morgan fingerprint density at radius 2 is 1.85 bits per heavy atom. The minimum atomic E-state index is -0.899. The summed E-state index contributed by atoms with van der Waals surface area (Å²) in [4.78, 5) is 44.0. The van der Waals surface area contributed by atoms with Crippen LogP contribution in [0.5, 0.6) is 5.75 Å². The van der Waals surface area contributed by atoms with Crippen LogP contribution in [0.3, 0.4) is 0 Å². The number of esters is 2.